The number of hydrogen-bond donors (Lipinski definition) is 1. The van der Waals surface area contributed by atoms with Crippen LogP contribution in [0.1, 0.15) is 22.8 Å². The average Bonchev–Trinajstić information content (AvgIpc) is 2.27. The summed E-state index contributed by atoms with van der Waals surface area (Å²) in [5, 5.41) is 2.81. The fourth-order valence-corrected chi connectivity index (χ4v) is 1.72. The van der Waals surface area contributed by atoms with E-state index in [1.807, 2.05) is 32.0 Å². The molecule has 0 heterocycles. The highest BCUT2D eigenvalue weighted by atomic mass is 79.9. The molecule has 16 heavy (non-hydrogen) atoms. The summed E-state index contributed by atoms with van der Waals surface area (Å²) in [6.07, 6.45) is 0. The molecule has 88 valence electrons. The largest absolute Gasteiger partial charge is 0.380 e. The monoisotopic (exact) mass is 285 g/mol. The third-order valence-corrected chi connectivity index (χ3v) is 2.79. The third-order valence-electron chi connectivity index (χ3n) is 2.10. The Bertz CT molecular complexity index is 366. The summed E-state index contributed by atoms with van der Waals surface area (Å²) in [6, 6.07) is 5.70. The number of carbonyl (C=O) groups excluding carboxylic acids is 1. The predicted molar refractivity (Wildman–Crippen MR) is 67.7 cm³/mol. The van der Waals surface area contributed by atoms with Crippen LogP contribution < -0.4 is 5.32 Å². The number of nitrogens with one attached hydrogen (secondary N) is 1. The maximum Gasteiger partial charge on any atom is 0.252 e. The molecule has 1 amide bonds. The van der Waals surface area contributed by atoms with Crippen molar-refractivity contribution in [2.24, 2.45) is 0 Å². The first-order valence-electron chi connectivity index (χ1n) is 5.27. The van der Waals surface area contributed by atoms with Gasteiger partial charge in [0, 0.05) is 17.6 Å². The molecule has 0 unspecified atom stereocenters. The fraction of sp³-hybridized carbons (Fsp3) is 0.417. The number of carbonyl (C=O) groups is 1. The molecular formula is C12H16BrNO2. The lowest BCUT2D eigenvalue weighted by atomic mass is 10.1. The molecule has 0 aliphatic rings. The van der Waals surface area contributed by atoms with Crippen LogP contribution in [0.3, 0.4) is 0 Å². The van der Waals surface area contributed by atoms with Crippen LogP contribution in [-0.4, -0.2) is 25.7 Å². The van der Waals surface area contributed by atoms with Crippen LogP contribution in [0.4, 0.5) is 0 Å². The van der Waals surface area contributed by atoms with Gasteiger partial charge in [0.25, 0.3) is 5.91 Å². The van der Waals surface area contributed by atoms with Crippen LogP contribution in [0, 0.1) is 6.92 Å². The van der Waals surface area contributed by atoms with Crippen LogP contribution >= 0.6 is 15.9 Å². The molecule has 0 aliphatic carbocycles. The van der Waals surface area contributed by atoms with Crippen molar-refractivity contribution in [1.82, 2.24) is 5.32 Å². The van der Waals surface area contributed by atoms with Gasteiger partial charge < -0.3 is 10.1 Å². The highest BCUT2D eigenvalue weighted by Gasteiger charge is 2.08. The van der Waals surface area contributed by atoms with Gasteiger partial charge in [-0.3, -0.25) is 4.79 Å². The zero-order valence-electron chi connectivity index (χ0n) is 9.55. The summed E-state index contributed by atoms with van der Waals surface area (Å²) >= 11 is 3.36. The first-order valence-corrected chi connectivity index (χ1v) is 6.06. The van der Waals surface area contributed by atoms with Crippen molar-refractivity contribution in [2.75, 3.05) is 19.8 Å². The zero-order valence-corrected chi connectivity index (χ0v) is 11.1. The molecule has 0 atom stereocenters. The highest BCUT2D eigenvalue weighted by Crippen LogP contribution is 2.17. The van der Waals surface area contributed by atoms with Crippen molar-refractivity contribution in [3.8, 4) is 0 Å². The minimum Gasteiger partial charge on any atom is -0.380 e. The summed E-state index contributed by atoms with van der Waals surface area (Å²) in [5.74, 6) is -0.0738. The summed E-state index contributed by atoms with van der Waals surface area (Å²) in [5.41, 5.74) is 1.73. The normalized spacial score (nSPS) is 10.2. The van der Waals surface area contributed by atoms with Crippen LogP contribution in [-0.2, 0) is 4.74 Å². The summed E-state index contributed by atoms with van der Waals surface area (Å²) < 4.78 is 5.96. The third kappa shape index (κ3) is 3.94. The quantitative estimate of drug-likeness (QED) is 0.845. The van der Waals surface area contributed by atoms with Crippen molar-refractivity contribution in [3.05, 3.63) is 33.8 Å². The van der Waals surface area contributed by atoms with Gasteiger partial charge in [0.1, 0.15) is 0 Å². The zero-order chi connectivity index (χ0) is 12.0. The molecule has 0 aromatic heterocycles. The molecule has 0 spiro atoms. The van der Waals surface area contributed by atoms with E-state index in [4.69, 9.17) is 4.74 Å². The van der Waals surface area contributed by atoms with E-state index in [9.17, 15) is 4.79 Å². The van der Waals surface area contributed by atoms with Crippen molar-refractivity contribution >= 4 is 21.8 Å². The van der Waals surface area contributed by atoms with Crippen molar-refractivity contribution in [2.45, 2.75) is 13.8 Å². The van der Waals surface area contributed by atoms with Gasteiger partial charge in [0.05, 0.1) is 12.2 Å². The maximum absolute atomic E-state index is 11.8. The Hall–Kier alpha value is -0.870. The molecule has 4 heteroatoms. The second kappa shape index (κ2) is 6.66. The number of rotatable bonds is 5. The second-order valence-corrected chi connectivity index (χ2v) is 4.29. The lowest BCUT2D eigenvalue weighted by Crippen LogP contribution is -2.27. The molecule has 0 saturated carbocycles. The maximum atomic E-state index is 11.8. The molecule has 1 aromatic carbocycles. The molecule has 3 nitrogen and oxygen atoms in total. The molecule has 1 N–H and O–H groups in total. The van der Waals surface area contributed by atoms with E-state index in [1.165, 1.54) is 0 Å². The number of halogens is 1. The minimum absolute atomic E-state index is 0.0738. The topological polar surface area (TPSA) is 38.3 Å². The highest BCUT2D eigenvalue weighted by molar-refractivity contribution is 9.10. The van der Waals surface area contributed by atoms with E-state index in [0.717, 1.165) is 10.0 Å². The summed E-state index contributed by atoms with van der Waals surface area (Å²) in [6.45, 7) is 5.64. The van der Waals surface area contributed by atoms with E-state index in [0.29, 0.717) is 25.3 Å². The first kappa shape index (κ1) is 13.2. The SMILES string of the molecule is CCOCCNC(=O)c1cc(C)ccc1Br. The molecular weight excluding hydrogens is 270 g/mol. The molecule has 0 aliphatic heterocycles. The lowest BCUT2D eigenvalue weighted by molar-refractivity contribution is 0.0922. The predicted octanol–water partition coefficient (Wildman–Crippen LogP) is 2.52. The van der Waals surface area contributed by atoms with Gasteiger partial charge in [0.15, 0.2) is 0 Å². The van der Waals surface area contributed by atoms with Crippen LogP contribution in [0.5, 0.6) is 0 Å². The Balaban J connectivity index is 2.55. The first-order chi connectivity index (χ1) is 7.65. The fourth-order valence-electron chi connectivity index (χ4n) is 1.29. The number of benzene rings is 1. The Morgan fingerprint density at radius 1 is 1.50 bits per heavy atom. The van der Waals surface area contributed by atoms with Gasteiger partial charge in [-0.15, -0.1) is 0 Å². The molecule has 0 fully saturated rings. The van der Waals surface area contributed by atoms with Gasteiger partial charge >= 0.3 is 0 Å². The number of aryl methyl sites for hydroxylation is 1. The van der Waals surface area contributed by atoms with Crippen molar-refractivity contribution < 1.29 is 9.53 Å². The average molecular weight is 286 g/mol. The van der Waals surface area contributed by atoms with Crippen molar-refractivity contribution in [3.63, 3.8) is 0 Å². The van der Waals surface area contributed by atoms with E-state index in [-0.39, 0.29) is 5.91 Å². The Labute approximate surface area is 104 Å². The van der Waals surface area contributed by atoms with Gasteiger partial charge in [-0.25, -0.2) is 0 Å². The molecule has 0 saturated heterocycles. The van der Waals surface area contributed by atoms with Gasteiger partial charge in [-0.05, 0) is 41.9 Å². The van der Waals surface area contributed by atoms with Crippen LogP contribution in [0.2, 0.25) is 0 Å². The Morgan fingerprint density at radius 3 is 2.94 bits per heavy atom. The standard InChI is InChI=1S/C12H16BrNO2/c1-3-16-7-6-14-12(15)10-8-9(2)4-5-11(10)13/h4-5,8H,3,6-7H2,1-2H3,(H,14,15). The van der Waals surface area contributed by atoms with E-state index in [2.05, 4.69) is 21.2 Å². The lowest BCUT2D eigenvalue weighted by Gasteiger charge is -2.07. The van der Waals surface area contributed by atoms with Gasteiger partial charge in [0.2, 0.25) is 0 Å². The van der Waals surface area contributed by atoms with Crippen LogP contribution in [0.15, 0.2) is 22.7 Å². The minimum atomic E-state index is -0.0738. The summed E-state index contributed by atoms with van der Waals surface area (Å²) in [7, 11) is 0. The van der Waals surface area contributed by atoms with Gasteiger partial charge in [-0.1, -0.05) is 11.6 Å². The molecule has 1 aromatic rings. The smallest absolute Gasteiger partial charge is 0.252 e. The molecule has 0 radical (unpaired) electrons. The molecule has 1 rings (SSSR count). The molecule has 0 bridgehead atoms. The van der Waals surface area contributed by atoms with E-state index >= 15 is 0 Å². The number of ether oxygens (including phenoxy) is 1. The van der Waals surface area contributed by atoms with Crippen molar-refractivity contribution in [1.29, 1.82) is 0 Å². The van der Waals surface area contributed by atoms with E-state index < -0.39 is 0 Å². The Morgan fingerprint density at radius 2 is 2.25 bits per heavy atom. The number of hydrogen-bond acceptors (Lipinski definition) is 2. The second-order valence-electron chi connectivity index (χ2n) is 3.44. The van der Waals surface area contributed by atoms with Gasteiger partial charge in [-0.2, -0.15) is 0 Å². The van der Waals surface area contributed by atoms with E-state index in [1.54, 1.807) is 0 Å². The van der Waals surface area contributed by atoms with Crippen LogP contribution in [0.25, 0.3) is 0 Å². The number of amides is 1. The summed E-state index contributed by atoms with van der Waals surface area (Å²) in [4.78, 5) is 11.8. The Kier molecular flexibility index (Phi) is 5.49.